The summed E-state index contributed by atoms with van der Waals surface area (Å²) in [5, 5.41) is 0. The monoisotopic (exact) mass is 516 g/mol. The number of rotatable bonds is 5. The van der Waals surface area contributed by atoms with Crippen LogP contribution in [0.2, 0.25) is 13.1 Å². The molecule has 0 saturated heterocycles. The molecule has 3 aliphatic rings. The van der Waals surface area contributed by atoms with Crippen molar-refractivity contribution in [3.63, 3.8) is 0 Å². The zero-order chi connectivity index (χ0) is 20.8. The van der Waals surface area contributed by atoms with Gasteiger partial charge in [0.2, 0.25) is 0 Å². The average molecular weight is 518 g/mol. The van der Waals surface area contributed by atoms with Gasteiger partial charge in [0.1, 0.15) is 6.10 Å². The van der Waals surface area contributed by atoms with Crippen molar-refractivity contribution in [2.75, 3.05) is 0 Å². The van der Waals surface area contributed by atoms with Gasteiger partial charge >= 0.3 is 26.2 Å². The molecule has 0 N–H and O–H groups in total. The van der Waals surface area contributed by atoms with Gasteiger partial charge in [0.25, 0.3) is 0 Å². The first-order chi connectivity index (χ1) is 13.0. The van der Waals surface area contributed by atoms with Crippen molar-refractivity contribution in [3.8, 4) is 0 Å². The van der Waals surface area contributed by atoms with Crippen LogP contribution in [0.1, 0.15) is 67.7 Å². The number of hydrogen-bond acceptors (Lipinski definition) is 1. The van der Waals surface area contributed by atoms with Gasteiger partial charge in [0, 0.05) is 12.8 Å². The second-order valence-corrected chi connectivity index (χ2v) is 14.6. The van der Waals surface area contributed by atoms with E-state index in [2.05, 4.69) is 80.8 Å². The van der Waals surface area contributed by atoms with E-state index in [0.29, 0.717) is 17.9 Å². The molecule has 3 saturated carbocycles. The minimum absolute atomic E-state index is 0. The van der Waals surface area contributed by atoms with Crippen LogP contribution in [-0.2, 0) is 30.9 Å². The summed E-state index contributed by atoms with van der Waals surface area (Å²) in [6.07, 6.45) is 12.3. The summed E-state index contributed by atoms with van der Waals surface area (Å²) in [7, 11) is -1.73. The fraction of sp³-hybridized carbons (Fsp3) is 0.571. The molecule has 10 radical (unpaired) electrons. The third kappa shape index (κ3) is 6.60. The first kappa shape index (κ1) is 32.1. The van der Waals surface area contributed by atoms with Crippen LogP contribution in [0.4, 0.5) is 0 Å². The van der Waals surface area contributed by atoms with Gasteiger partial charge in [-0.25, -0.2) is 0 Å². The average Bonchev–Trinajstić information content (AvgIpc) is 3.15. The van der Waals surface area contributed by atoms with Gasteiger partial charge in [-0.05, 0) is 71.8 Å². The maximum Gasteiger partial charge on any atom is 4.00 e. The maximum atomic E-state index is 6.62. The van der Waals surface area contributed by atoms with Crippen LogP contribution in [0.15, 0.2) is 0 Å². The van der Waals surface area contributed by atoms with Crippen molar-refractivity contribution in [3.05, 3.63) is 75.0 Å². The molecule has 3 rings (SSSR count). The Kier molecular flexibility index (Phi) is 13.1. The molecule has 0 unspecified atom stereocenters. The topological polar surface area (TPSA) is 9.23 Å². The zero-order valence-corrected chi connectivity index (χ0v) is 25.5. The fourth-order valence-corrected chi connectivity index (χ4v) is 9.15. The van der Waals surface area contributed by atoms with E-state index in [1.54, 1.807) is 5.54 Å². The van der Waals surface area contributed by atoms with Gasteiger partial charge in [0.05, 0.1) is 14.2 Å². The van der Waals surface area contributed by atoms with Gasteiger partial charge in [-0.15, -0.1) is 0 Å². The van der Waals surface area contributed by atoms with Gasteiger partial charge in [-0.1, -0.05) is 68.0 Å². The van der Waals surface area contributed by atoms with Gasteiger partial charge in [-0.2, -0.15) is 0 Å². The molecule has 0 aromatic carbocycles. The van der Waals surface area contributed by atoms with E-state index < -0.39 is 8.07 Å². The van der Waals surface area contributed by atoms with Crippen molar-refractivity contribution >= 4 is 8.07 Å². The summed E-state index contributed by atoms with van der Waals surface area (Å²) in [6, 6.07) is 0. The molecule has 3 heteroatoms. The standard InChI is InChI=1S/C26H40OSi.2CH3.Zr/c1-16(2)24-13-10-17(3)14-25(24)27-22-11-12-23(15-22)28(8,9)26-20(6)18(4)19(5)21(26)7;;;/h11-12,15-17,24-25H,10,13-14H2,1-9H3;2*1H3;/q;2*-1;+4/t17-,24+,25+;;;/m1.../s1. The third-order valence-electron chi connectivity index (χ3n) is 7.76. The Balaban J connectivity index is 0.00000300. The predicted molar refractivity (Wildman–Crippen MR) is 135 cm³/mol. The van der Waals surface area contributed by atoms with Crippen LogP contribution in [0.25, 0.3) is 0 Å². The Labute approximate surface area is 217 Å². The molecule has 0 spiro atoms. The molecule has 0 heterocycles. The molecule has 0 aromatic heterocycles. The van der Waals surface area contributed by atoms with Crippen molar-refractivity contribution < 1.29 is 30.9 Å². The van der Waals surface area contributed by atoms with Gasteiger partial charge in [0.15, 0.2) is 0 Å². The number of ether oxygens (including phenoxy) is 1. The van der Waals surface area contributed by atoms with Crippen LogP contribution < -0.4 is 0 Å². The Morgan fingerprint density at radius 2 is 1.45 bits per heavy atom. The summed E-state index contributed by atoms with van der Waals surface area (Å²) in [4.78, 5) is 0. The number of hydrogen-bond donors (Lipinski definition) is 0. The maximum absolute atomic E-state index is 6.62. The fourth-order valence-electron chi connectivity index (χ4n) is 5.61. The molecule has 0 bridgehead atoms. The van der Waals surface area contributed by atoms with Crippen molar-refractivity contribution in [2.24, 2.45) is 17.8 Å². The summed E-state index contributed by atoms with van der Waals surface area (Å²) in [5.74, 6) is 8.13. The van der Waals surface area contributed by atoms with E-state index in [4.69, 9.17) is 4.74 Å². The molecule has 3 fully saturated rings. The van der Waals surface area contributed by atoms with E-state index in [9.17, 15) is 0 Å². The Bertz CT molecular complexity index is 507. The Hall–Kier alpha value is 1.06. The molecule has 0 amide bonds. The second kappa shape index (κ2) is 12.7. The molecule has 3 aliphatic carbocycles. The van der Waals surface area contributed by atoms with Gasteiger partial charge in [-0.3, -0.25) is 0 Å². The molecule has 170 valence electrons. The van der Waals surface area contributed by atoms with Crippen molar-refractivity contribution in [2.45, 2.75) is 86.9 Å². The molecule has 1 nitrogen and oxygen atoms in total. The molecular weight excluding hydrogens is 472 g/mol. The largest absolute Gasteiger partial charge is 4.00 e. The summed E-state index contributed by atoms with van der Waals surface area (Å²) < 4.78 is 6.62. The minimum atomic E-state index is -1.73. The molecule has 3 atom stereocenters. The first-order valence-electron chi connectivity index (χ1n) is 11.2. The third-order valence-corrected chi connectivity index (χ3v) is 11.5. The van der Waals surface area contributed by atoms with E-state index in [1.165, 1.54) is 48.5 Å². The molecular formula is C28H46OSiZr+2. The molecule has 0 aliphatic heterocycles. The first-order valence-corrected chi connectivity index (χ1v) is 14.2. The van der Waals surface area contributed by atoms with Crippen LogP contribution in [0, 0.1) is 92.7 Å². The molecule has 31 heavy (non-hydrogen) atoms. The van der Waals surface area contributed by atoms with E-state index >= 15 is 0 Å². The van der Waals surface area contributed by atoms with Crippen molar-refractivity contribution in [1.29, 1.82) is 0 Å². The second-order valence-electron chi connectivity index (χ2n) is 10.3. The van der Waals surface area contributed by atoms with Gasteiger partial charge < -0.3 is 19.6 Å². The quantitative estimate of drug-likeness (QED) is 0.266. The summed E-state index contributed by atoms with van der Waals surface area (Å²) >= 11 is 0. The van der Waals surface area contributed by atoms with Crippen molar-refractivity contribution in [1.82, 2.24) is 0 Å². The van der Waals surface area contributed by atoms with Crippen LogP contribution in [0.5, 0.6) is 0 Å². The predicted octanol–water partition coefficient (Wildman–Crippen LogP) is 7.85. The normalized spacial score (nSPS) is 31.0. The van der Waals surface area contributed by atoms with Crippen LogP contribution in [-0.4, -0.2) is 14.2 Å². The summed E-state index contributed by atoms with van der Waals surface area (Å²) in [6.45, 7) is 21.3. The van der Waals surface area contributed by atoms with E-state index in [0.717, 1.165) is 12.0 Å². The van der Waals surface area contributed by atoms with E-state index in [-0.39, 0.29) is 41.1 Å². The molecule has 0 aromatic rings. The van der Waals surface area contributed by atoms with Crippen LogP contribution in [0.3, 0.4) is 0 Å². The van der Waals surface area contributed by atoms with Crippen LogP contribution >= 0.6 is 0 Å². The smallest absolute Gasteiger partial charge is 0.368 e. The zero-order valence-electron chi connectivity index (χ0n) is 22.1. The Morgan fingerprint density at radius 1 is 0.903 bits per heavy atom. The van der Waals surface area contributed by atoms with E-state index in [1.807, 2.05) is 0 Å². The Morgan fingerprint density at radius 3 is 1.97 bits per heavy atom. The summed E-state index contributed by atoms with van der Waals surface area (Å²) in [5.41, 5.74) is 3.13. The minimum Gasteiger partial charge on any atom is -0.368 e. The SMILES string of the molecule is C[C]1[C](C)[C](C)[C]([Si](C)(C)[C]2[CH][CH][C](O[C@H]3C[C@H](C)CC[C@H]3C(C)C)[CH]2)[C]1C.[CH3-].[CH3-].[Zr+4].